The molecule has 1 N–H and O–H groups in total. The first kappa shape index (κ1) is 8.14. The molecule has 0 aliphatic heterocycles. The normalized spacial score (nSPS) is 9.55. The minimum Gasteiger partial charge on any atom is -0.478 e. The predicted octanol–water partition coefficient (Wildman–Crippen LogP) is 1.81. The molecule has 0 aliphatic carbocycles. The second-order valence-corrected chi connectivity index (χ2v) is 2.48. The van der Waals surface area contributed by atoms with Gasteiger partial charge in [0, 0.05) is 5.75 Å². The Bertz CT molecular complexity index is 253. The van der Waals surface area contributed by atoms with Crippen molar-refractivity contribution in [3.8, 4) is 0 Å². The molecular formula is C8H8O2S. The van der Waals surface area contributed by atoms with Crippen molar-refractivity contribution in [2.24, 2.45) is 0 Å². The number of hydrogen-bond acceptors (Lipinski definition) is 2. The molecule has 0 saturated carbocycles. The highest BCUT2D eigenvalue weighted by Gasteiger charge is 1.99. The van der Waals surface area contributed by atoms with Crippen LogP contribution in [0.25, 0.3) is 0 Å². The third-order valence-corrected chi connectivity index (χ3v) is 1.75. The van der Waals surface area contributed by atoms with Gasteiger partial charge in [-0.15, -0.1) is 0 Å². The maximum atomic E-state index is 10.4. The lowest BCUT2D eigenvalue weighted by molar-refractivity contribution is 0.0697. The summed E-state index contributed by atoms with van der Waals surface area (Å²) in [7, 11) is 0. The highest BCUT2D eigenvalue weighted by Crippen LogP contribution is 2.05. The first-order valence-electron chi connectivity index (χ1n) is 3.17. The van der Waals surface area contributed by atoms with E-state index in [-0.39, 0.29) is 0 Å². The Labute approximate surface area is 70.3 Å². The zero-order valence-corrected chi connectivity index (χ0v) is 6.71. The van der Waals surface area contributed by atoms with Crippen LogP contribution in [0.4, 0.5) is 0 Å². The van der Waals surface area contributed by atoms with E-state index in [2.05, 4.69) is 12.6 Å². The van der Waals surface area contributed by atoms with Crippen LogP contribution in [0.1, 0.15) is 15.9 Å². The minimum atomic E-state index is -0.893. The van der Waals surface area contributed by atoms with Crippen LogP contribution >= 0.6 is 12.6 Å². The fraction of sp³-hybridized carbons (Fsp3) is 0.125. The van der Waals surface area contributed by atoms with Crippen LogP contribution in [-0.4, -0.2) is 11.1 Å². The molecule has 0 amide bonds. The van der Waals surface area contributed by atoms with Gasteiger partial charge in [0.25, 0.3) is 0 Å². The Morgan fingerprint density at radius 1 is 1.36 bits per heavy atom. The topological polar surface area (TPSA) is 37.3 Å². The van der Waals surface area contributed by atoms with Crippen LogP contribution in [0, 0.1) is 0 Å². The first-order chi connectivity index (χ1) is 5.24. The van der Waals surface area contributed by atoms with Crippen molar-refractivity contribution in [1.82, 2.24) is 0 Å². The summed E-state index contributed by atoms with van der Waals surface area (Å²) in [5.41, 5.74) is 1.34. The number of aromatic carboxylic acids is 1. The molecule has 0 aliphatic rings. The lowest BCUT2D eigenvalue weighted by atomic mass is 10.1. The Morgan fingerprint density at radius 2 is 1.91 bits per heavy atom. The van der Waals surface area contributed by atoms with E-state index in [0.29, 0.717) is 11.3 Å². The lowest BCUT2D eigenvalue weighted by Crippen LogP contribution is -1.95. The van der Waals surface area contributed by atoms with Gasteiger partial charge < -0.3 is 5.11 Å². The number of thiol groups is 1. The second kappa shape index (κ2) is 3.44. The summed E-state index contributed by atoms with van der Waals surface area (Å²) in [6, 6.07) is 6.68. The maximum Gasteiger partial charge on any atom is 0.335 e. The van der Waals surface area contributed by atoms with Crippen LogP contribution < -0.4 is 0 Å². The van der Waals surface area contributed by atoms with Gasteiger partial charge in [-0.3, -0.25) is 0 Å². The monoisotopic (exact) mass is 168 g/mol. The smallest absolute Gasteiger partial charge is 0.335 e. The molecule has 2 nitrogen and oxygen atoms in total. The summed E-state index contributed by atoms with van der Waals surface area (Å²) in [6.45, 7) is 0. The highest BCUT2D eigenvalue weighted by molar-refractivity contribution is 7.79. The third-order valence-electron chi connectivity index (χ3n) is 1.38. The second-order valence-electron chi connectivity index (χ2n) is 2.16. The molecule has 1 aromatic rings. The zero-order valence-electron chi connectivity index (χ0n) is 5.82. The van der Waals surface area contributed by atoms with Crippen LogP contribution in [-0.2, 0) is 5.75 Å². The molecule has 0 saturated heterocycles. The van der Waals surface area contributed by atoms with Gasteiger partial charge in [0.15, 0.2) is 0 Å². The number of carbonyl (C=O) groups is 1. The minimum absolute atomic E-state index is 0.315. The van der Waals surface area contributed by atoms with Crippen LogP contribution in [0.2, 0.25) is 0 Å². The molecule has 0 fully saturated rings. The van der Waals surface area contributed by atoms with Crippen LogP contribution in [0.15, 0.2) is 24.3 Å². The van der Waals surface area contributed by atoms with Crippen LogP contribution in [0.5, 0.6) is 0 Å². The van der Waals surface area contributed by atoms with E-state index in [4.69, 9.17) is 5.11 Å². The van der Waals surface area contributed by atoms with Crippen molar-refractivity contribution in [3.05, 3.63) is 35.4 Å². The quantitative estimate of drug-likeness (QED) is 0.661. The Hall–Kier alpha value is -0.960. The van der Waals surface area contributed by atoms with Crippen molar-refractivity contribution < 1.29 is 9.90 Å². The zero-order chi connectivity index (χ0) is 8.27. The van der Waals surface area contributed by atoms with Crippen molar-refractivity contribution in [2.45, 2.75) is 5.75 Å². The number of carboxylic acids is 1. The van der Waals surface area contributed by atoms with Gasteiger partial charge in [0.05, 0.1) is 5.56 Å². The molecule has 58 valence electrons. The van der Waals surface area contributed by atoms with Crippen LogP contribution in [0.3, 0.4) is 0 Å². The average molecular weight is 168 g/mol. The van der Waals surface area contributed by atoms with E-state index in [1.54, 1.807) is 24.3 Å². The number of carboxylic acid groups (broad SMARTS) is 1. The Kier molecular flexibility index (Phi) is 2.54. The standard InChI is InChI=1S/C8H8O2S/c9-8(10)7-3-1-6(5-11)2-4-7/h1-4,11H,5H2,(H,9,10). The molecule has 0 spiro atoms. The summed E-state index contributed by atoms with van der Waals surface area (Å²) in [4.78, 5) is 10.4. The Morgan fingerprint density at radius 3 is 2.27 bits per heavy atom. The molecule has 1 aromatic carbocycles. The summed E-state index contributed by atoms with van der Waals surface area (Å²) < 4.78 is 0. The summed E-state index contributed by atoms with van der Waals surface area (Å²) in [5, 5.41) is 8.53. The highest BCUT2D eigenvalue weighted by atomic mass is 32.1. The summed E-state index contributed by atoms with van der Waals surface area (Å²) >= 11 is 4.05. The molecule has 3 heteroatoms. The van der Waals surface area contributed by atoms with Crippen molar-refractivity contribution in [2.75, 3.05) is 0 Å². The first-order valence-corrected chi connectivity index (χ1v) is 3.80. The fourth-order valence-corrected chi connectivity index (χ4v) is 0.964. The van der Waals surface area contributed by atoms with Gasteiger partial charge >= 0.3 is 5.97 Å². The molecular weight excluding hydrogens is 160 g/mol. The molecule has 1 rings (SSSR count). The van der Waals surface area contributed by atoms with Crippen molar-refractivity contribution in [1.29, 1.82) is 0 Å². The van der Waals surface area contributed by atoms with Gasteiger partial charge in [0.2, 0.25) is 0 Å². The third kappa shape index (κ3) is 1.98. The van der Waals surface area contributed by atoms with Crippen molar-refractivity contribution in [3.63, 3.8) is 0 Å². The molecule has 0 unspecified atom stereocenters. The van der Waals surface area contributed by atoms with E-state index in [1.807, 2.05) is 0 Å². The largest absolute Gasteiger partial charge is 0.478 e. The molecule has 0 bridgehead atoms. The van der Waals surface area contributed by atoms with Gasteiger partial charge in [-0.05, 0) is 17.7 Å². The fourth-order valence-electron chi connectivity index (χ4n) is 0.753. The molecule has 0 atom stereocenters. The van der Waals surface area contributed by atoms with Gasteiger partial charge in [-0.25, -0.2) is 4.79 Å². The van der Waals surface area contributed by atoms with E-state index >= 15 is 0 Å². The molecule has 0 heterocycles. The van der Waals surface area contributed by atoms with Gasteiger partial charge in [-0.1, -0.05) is 12.1 Å². The summed E-state index contributed by atoms with van der Waals surface area (Å²) in [6.07, 6.45) is 0. The van der Waals surface area contributed by atoms with E-state index in [0.717, 1.165) is 5.56 Å². The number of rotatable bonds is 2. The van der Waals surface area contributed by atoms with Crippen molar-refractivity contribution >= 4 is 18.6 Å². The van der Waals surface area contributed by atoms with E-state index in [9.17, 15) is 4.79 Å². The molecule has 0 radical (unpaired) electrons. The average Bonchev–Trinajstić information content (AvgIpc) is 2.05. The predicted molar refractivity (Wildman–Crippen MR) is 46.1 cm³/mol. The van der Waals surface area contributed by atoms with E-state index in [1.165, 1.54) is 0 Å². The van der Waals surface area contributed by atoms with Gasteiger partial charge in [-0.2, -0.15) is 12.6 Å². The maximum absolute atomic E-state index is 10.4. The van der Waals surface area contributed by atoms with Gasteiger partial charge in [0.1, 0.15) is 0 Å². The number of hydrogen-bond donors (Lipinski definition) is 2. The lowest BCUT2D eigenvalue weighted by Gasteiger charge is -1.95. The van der Waals surface area contributed by atoms with E-state index < -0.39 is 5.97 Å². The Balaban J connectivity index is 2.91. The summed E-state index contributed by atoms with van der Waals surface area (Å²) in [5.74, 6) is -0.254. The molecule has 11 heavy (non-hydrogen) atoms. The SMILES string of the molecule is O=C(O)c1ccc(CS)cc1. The number of benzene rings is 1. The molecule has 0 aromatic heterocycles.